The van der Waals surface area contributed by atoms with E-state index in [2.05, 4.69) is 17.4 Å². The van der Waals surface area contributed by atoms with Gasteiger partial charge in [0.05, 0.1) is 5.41 Å². The second-order valence-electron chi connectivity index (χ2n) is 6.09. The van der Waals surface area contributed by atoms with E-state index in [0.29, 0.717) is 31.3 Å². The summed E-state index contributed by atoms with van der Waals surface area (Å²) in [5.41, 5.74) is 0.707. The van der Waals surface area contributed by atoms with Crippen molar-refractivity contribution in [1.29, 1.82) is 0 Å². The van der Waals surface area contributed by atoms with E-state index in [4.69, 9.17) is 11.6 Å². The van der Waals surface area contributed by atoms with Crippen LogP contribution in [0.3, 0.4) is 0 Å². The minimum Gasteiger partial charge on any atom is -0.481 e. The maximum atomic E-state index is 11.5. The number of hydrogen-bond donors (Lipinski definition) is 2. The van der Waals surface area contributed by atoms with Crippen LogP contribution < -0.4 is 5.32 Å². The molecule has 1 fully saturated rings. The zero-order chi connectivity index (χ0) is 15.5. The van der Waals surface area contributed by atoms with E-state index in [0.717, 1.165) is 17.9 Å². The number of carboxylic acid groups (broad SMARTS) is 1. The number of hydrogen-bond acceptors (Lipinski definition) is 2. The lowest BCUT2D eigenvalue weighted by Crippen LogP contribution is -2.48. The van der Waals surface area contributed by atoms with Gasteiger partial charge in [0, 0.05) is 17.6 Å². The molecule has 0 aliphatic heterocycles. The molecule has 1 aromatic carbocycles. The van der Waals surface area contributed by atoms with E-state index in [9.17, 15) is 9.90 Å². The summed E-state index contributed by atoms with van der Waals surface area (Å²) < 4.78 is 0. The smallest absolute Gasteiger partial charge is 0.310 e. The molecule has 1 aliphatic rings. The van der Waals surface area contributed by atoms with Crippen LogP contribution >= 0.6 is 11.6 Å². The Hall–Kier alpha value is -1.06. The maximum absolute atomic E-state index is 11.5. The molecule has 0 amide bonds. The van der Waals surface area contributed by atoms with E-state index < -0.39 is 11.4 Å². The van der Waals surface area contributed by atoms with Crippen LogP contribution in [0, 0.1) is 5.41 Å². The molecule has 0 atom stereocenters. The Kier molecular flexibility index (Phi) is 5.28. The average molecular weight is 310 g/mol. The van der Waals surface area contributed by atoms with Crippen molar-refractivity contribution in [1.82, 2.24) is 5.32 Å². The number of carbonyl (C=O) groups is 1. The molecule has 1 aromatic rings. The van der Waals surface area contributed by atoms with Crippen LogP contribution in [0.1, 0.15) is 51.0 Å². The minimum absolute atomic E-state index is 0.433. The molecule has 0 radical (unpaired) electrons. The molecule has 0 bridgehead atoms. The molecule has 2 rings (SSSR count). The highest BCUT2D eigenvalue weighted by molar-refractivity contribution is 6.30. The third kappa shape index (κ3) is 3.58. The van der Waals surface area contributed by atoms with Crippen molar-refractivity contribution in [3.8, 4) is 0 Å². The molecule has 0 aromatic heterocycles. The Bertz CT molecular complexity index is 476. The molecule has 0 heterocycles. The van der Waals surface area contributed by atoms with Gasteiger partial charge in [0.2, 0.25) is 0 Å². The first-order chi connectivity index (χ1) is 10.0. The number of benzene rings is 1. The van der Waals surface area contributed by atoms with Crippen molar-refractivity contribution in [3.05, 3.63) is 34.9 Å². The first-order valence-corrected chi connectivity index (χ1v) is 8.10. The predicted molar refractivity (Wildman–Crippen MR) is 85.9 cm³/mol. The fourth-order valence-corrected chi connectivity index (χ4v) is 3.14. The Labute approximate surface area is 131 Å². The van der Waals surface area contributed by atoms with Gasteiger partial charge in [-0.05, 0) is 49.3 Å². The third-order valence-corrected chi connectivity index (χ3v) is 5.27. The van der Waals surface area contributed by atoms with Crippen LogP contribution in [0.2, 0.25) is 5.02 Å². The number of halogens is 1. The normalized spacial score (nSPS) is 21.9. The van der Waals surface area contributed by atoms with E-state index in [1.807, 2.05) is 26.0 Å². The fourth-order valence-electron chi connectivity index (χ4n) is 3.01. The lowest BCUT2D eigenvalue weighted by Gasteiger charge is -2.39. The van der Waals surface area contributed by atoms with Gasteiger partial charge in [-0.3, -0.25) is 4.79 Å². The minimum atomic E-state index is -0.687. The summed E-state index contributed by atoms with van der Waals surface area (Å²) in [6.07, 6.45) is 3.48. The largest absolute Gasteiger partial charge is 0.481 e. The van der Waals surface area contributed by atoms with Gasteiger partial charge in [0.15, 0.2) is 0 Å². The second kappa shape index (κ2) is 6.80. The highest BCUT2D eigenvalue weighted by Crippen LogP contribution is 2.38. The molecule has 0 saturated heterocycles. The van der Waals surface area contributed by atoms with Crippen molar-refractivity contribution >= 4 is 17.6 Å². The van der Waals surface area contributed by atoms with Crippen molar-refractivity contribution in [3.63, 3.8) is 0 Å². The van der Waals surface area contributed by atoms with Crippen LogP contribution in [0.15, 0.2) is 24.3 Å². The molecule has 3 nitrogen and oxygen atoms in total. The lowest BCUT2D eigenvalue weighted by atomic mass is 9.75. The number of carboxylic acids is 1. The summed E-state index contributed by atoms with van der Waals surface area (Å²) in [7, 11) is 0. The Morgan fingerprint density at radius 3 is 2.33 bits per heavy atom. The van der Waals surface area contributed by atoms with E-state index in [-0.39, 0.29) is 0 Å². The van der Waals surface area contributed by atoms with Crippen molar-refractivity contribution in [2.75, 3.05) is 6.54 Å². The highest BCUT2D eigenvalue weighted by Gasteiger charge is 2.37. The zero-order valence-corrected chi connectivity index (χ0v) is 13.5. The summed E-state index contributed by atoms with van der Waals surface area (Å²) in [5, 5.41) is 13.6. The zero-order valence-electron chi connectivity index (χ0n) is 12.7. The third-order valence-electron chi connectivity index (χ3n) is 5.02. The Morgan fingerprint density at radius 1 is 1.29 bits per heavy atom. The Morgan fingerprint density at radius 2 is 1.86 bits per heavy atom. The molecule has 2 N–H and O–H groups in total. The number of rotatable bonds is 7. The van der Waals surface area contributed by atoms with Gasteiger partial charge in [0.25, 0.3) is 0 Å². The first kappa shape index (κ1) is 16.3. The van der Waals surface area contributed by atoms with Crippen LogP contribution in [0.25, 0.3) is 0 Å². The Balaban J connectivity index is 1.83. The lowest BCUT2D eigenvalue weighted by molar-refractivity contribution is -0.149. The first-order valence-electron chi connectivity index (χ1n) is 7.73. The summed E-state index contributed by atoms with van der Waals surface area (Å²) >= 11 is 5.90. The van der Waals surface area contributed by atoms with Gasteiger partial charge in [-0.25, -0.2) is 0 Å². The van der Waals surface area contributed by atoms with Gasteiger partial charge in [0.1, 0.15) is 0 Å². The highest BCUT2D eigenvalue weighted by atomic mass is 35.5. The molecule has 0 spiro atoms. The van der Waals surface area contributed by atoms with E-state index >= 15 is 0 Å². The van der Waals surface area contributed by atoms with Crippen molar-refractivity contribution in [2.45, 2.75) is 51.5 Å². The van der Waals surface area contributed by atoms with Gasteiger partial charge >= 0.3 is 5.97 Å². The standard InChI is InChI=1S/C17H24ClNO2/c1-3-17(4-2,16(20)21)11-19-15-9-13(10-15)12-5-7-14(18)8-6-12/h5-8,13,15,19H,3-4,9-11H2,1-2H3,(H,20,21). The molecule has 4 heteroatoms. The molecular weight excluding hydrogens is 286 g/mol. The molecule has 116 valence electrons. The van der Waals surface area contributed by atoms with Gasteiger partial charge in [-0.1, -0.05) is 37.6 Å². The predicted octanol–water partition coefficient (Wildman–Crippen LogP) is 4.07. The van der Waals surface area contributed by atoms with Crippen molar-refractivity contribution < 1.29 is 9.90 Å². The van der Waals surface area contributed by atoms with Crippen LogP contribution in [0.5, 0.6) is 0 Å². The summed E-state index contributed by atoms with van der Waals surface area (Å²) in [6, 6.07) is 8.47. The van der Waals surface area contributed by atoms with Crippen LogP contribution in [-0.2, 0) is 4.79 Å². The van der Waals surface area contributed by atoms with E-state index in [1.54, 1.807) is 0 Å². The average Bonchev–Trinajstić information content (AvgIpc) is 2.43. The van der Waals surface area contributed by atoms with Crippen LogP contribution in [0.4, 0.5) is 0 Å². The van der Waals surface area contributed by atoms with Crippen molar-refractivity contribution in [2.24, 2.45) is 5.41 Å². The topological polar surface area (TPSA) is 49.3 Å². The maximum Gasteiger partial charge on any atom is 0.310 e. The number of aliphatic carboxylic acids is 1. The fraction of sp³-hybridized carbons (Fsp3) is 0.588. The van der Waals surface area contributed by atoms with Gasteiger partial charge < -0.3 is 10.4 Å². The molecule has 0 unspecified atom stereocenters. The van der Waals surface area contributed by atoms with Crippen LogP contribution in [-0.4, -0.2) is 23.7 Å². The van der Waals surface area contributed by atoms with Gasteiger partial charge in [-0.2, -0.15) is 0 Å². The monoisotopic (exact) mass is 309 g/mol. The SMILES string of the molecule is CCC(CC)(CNC1CC(c2ccc(Cl)cc2)C1)C(=O)O. The molecular formula is C17H24ClNO2. The summed E-state index contributed by atoms with van der Waals surface area (Å²) in [4.78, 5) is 11.5. The quantitative estimate of drug-likeness (QED) is 0.798. The molecule has 21 heavy (non-hydrogen) atoms. The summed E-state index contributed by atoms with van der Waals surface area (Å²) in [5.74, 6) is -0.115. The van der Waals surface area contributed by atoms with Gasteiger partial charge in [-0.15, -0.1) is 0 Å². The number of nitrogens with one attached hydrogen (secondary N) is 1. The summed E-state index contributed by atoms with van der Waals surface area (Å²) in [6.45, 7) is 4.47. The molecule has 1 saturated carbocycles. The van der Waals surface area contributed by atoms with E-state index in [1.165, 1.54) is 5.56 Å². The molecule has 1 aliphatic carbocycles. The second-order valence-corrected chi connectivity index (χ2v) is 6.53.